The summed E-state index contributed by atoms with van der Waals surface area (Å²) in [6, 6.07) is 0.607. The Morgan fingerprint density at radius 2 is 1.53 bits per heavy atom. The van der Waals surface area contributed by atoms with E-state index < -0.39 is 0 Å². The fraction of sp³-hybridized carbons (Fsp3) is 0.800. The Kier molecular flexibility index (Phi) is 3.89. The molecule has 2 aliphatic heterocycles. The van der Waals surface area contributed by atoms with Crippen LogP contribution in [0, 0.1) is 13.8 Å². The SMILES string of the molecule is Cc1nn(C2CCNCC2)c(C)c1C1CCNCC1. The van der Waals surface area contributed by atoms with Gasteiger partial charge in [0.1, 0.15) is 0 Å². The fourth-order valence-electron chi connectivity index (χ4n) is 3.78. The molecule has 0 bridgehead atoms. The third-order valence-electron chi connectivity index (χ3n) is 4.78. The quantitative estimate of drug-likeness (QED) is 0.855. The van der Waals surface area contributed by atoms with Gasteiger partial charge in [-0.1, -0.05) is 0 Å². The maximum Gasteiger partial charge on any atom is 0.0631 e. The first kappa shape index (κ1) is 13.1. The lowest BCUT2D eigenvalue weighted by Gasteiger charge is -2.26. The summed E-state index contributed by atoms with van der Waals surface area (Å²) in [7, 11) is 0. The molecule has 2 fully saturated rings. The first-order valence-corrected chi connectivity index (χ1v) is 7.74. The summed E-state index contributed by atoms with van der Waals surface area (Å²) < 4.78 is 2.33. The molecule has 2 aliphatic rings. The number of aromatic nitrogens is 2. The highest BCUT2D eigenvalue weighted by Gasteiger charge is 2.25. The Morgan fingerprint density at radius 3 is 2.16 bits per heavy atom. The van der Waals surface area contributed by atoms with Crippen LogP contribution in [0.5, 0.6) is 0 Å². The summed E-state index contributed by atoms with van der Waals surface area (Å²) >= 11 is 0. The van der Waals surface area contributed by atoms with E-state index in [2.05, 4.69) is 29.2 Å². The van der Waals surface area contributed by atoms with Gasteiger partial charge in [-0.15, -0.1) is 0 Å². The van der Waals surface area contributed by atoms with Crippen molar-refractivity contribution in [3.63, 3.8) is 0 Å². The molecule has 0 aromatic carbocycles. The molecule has 0 atom stereocenters. The minimum Gasteiger partial charge on any atom is -0.317 e. The van der Waals surface area contributed by atoms with Gasteiger partial charge in [0.2, 0.25) is 0 Å². The van der Waals surface area contributed by atoms with Crippen molar-refractivity contribution in [2.24, 2.45) is 0 Å². The summed E-state index contributed by atoms with van der Waals surface area (Å²) in [5.41, 5.74) is 4.24. The first-order valence-electron chi connectivity index (χ1n) is 7.74. The van der Waals surface area contributed by atoms with Crippen LogP contribution in [0.3, 0.4) is 0 Å². The fourth-order valence-corrected chi connectivity index (χ4v) is 3.78. The number of piperidine rings is 2. The zero-order chi connectivity index (χ0) is 13.2. The van der Waals surface area contributed by atoms with E-state index >= 15 is 0 Å². The highest BCUT2D eigenvalue weighted by molar-refractivity contribution is 5.29. The van der Waals surface area contributed by atoms with Crippen molar-refractivity contribution in [1.82, 2.24) is 20.4 Å². The molecule has 19 heavy (non-hydrogen) atoms. The predicted molar refractivity (Wildman–Crippen MR) is 77.7 cm³/mol. The van der Waals surface area contributed by atoms with Crippen molar-refractivity contribution in [3.05, 3.63) is 17.0 Å². The standard InChI is InChI=1S/C15H26N4/c1-11-15(13-3-7-16-8-4-13)12(2)19(18-11)14-5-9-17-10-6-14/h13-14,16-17H,3-10H2,1-2H3. The van der Waals surface area contributed by atoms with E-state index in [0.717, 1.165) is 32.1 Å². The number of nitrogens with one attached hydrogen (secondary N) is 2. The van der Waals surface area contributed by atoms with E-state index in [4.69, 9.17) is 5.10 Å². The molecule has 2 N–H and O–H groups in total. The number of hydrogen-bond acceptors (Lipinski definition) is 3. The van der Waals surface area contributed by atoms with Crippen LogP contribution in [-0.4, -0.2) is 36.0 Å². The van der Waals surface area contributed by atoms with Gasteiger partial charge in [0.25, 0.3) is 0 Å². The topological polar surface area (TPSA) is 41.9 Å². The van der Waals surface area contributed by atoms with Crippen LogP contribution in [0.15, 0.2) is 0 Å². The Balaban J connectivity index is 1.86. The van der Waals surface area contributed by atoms with E-state index in [0.29, 0.717) is 6.04 Å². The molecule has 3 rings (SSSR count). The predicted octanol–water partition coefficient (Wildman–Crippen LogP) is 1.89. The molecule has 1 aromatic rings. The van der Waals surface area contributed by atoms with Gasteiger partial charge in [-0.3, -0.25) is 4.68 Å². The second-order valence-corrected chi connectivity index (χ2v) is 6.03. The van der Waals surface area contributed by atoms with Gasteiger partial charge in [0.15, 0.2) is 0 Å². The van der Waals surface area contributed by atoms with E-state index in [1.54, 1.807) is 5.56 Å². The van der Waals surface area contributed by atoms with Gasteiger partial charge >= 0.3 is 0 Å². The third kappa shape index (κ3) is 2.56. The van der Waals surface area contributed by atoms with Crippen molar-refractivity contribution in [2.75, 3.05) is 26.2 Å². The zero-order valence-electron chi connectivity index (χ0n) is 12.2. The molecule has 0 spiro atoms. The van der Waals surface area contributed by atoms with Crippen molar-refractivity contribution < 1.29 is 0 Å². The second-order valence-electron chi connectivity index (χ2n) is 6.03. The molecule has 4 heteroatoms. The van der Waals surface area contributed by atoms with Gasteiger partial charge in [0.05, 0.1) is 11.7 Å². The highest BCUT2D eigenvalue weighted by Crippen LogP contribution is 2.32. The number of nitrogens with zero attached hydrogens (tertiary/aromatic N) is 2. The summed E-state index contributed by atoms with van der Waals surface area (Å²) in [4.78, 5) is 0. The molecule has 0 saturated carbocycles. The second kappa shape index (κ2) is 5.63. The maximum absolute atomic E-state index is 4.88. The van der Waals surface area contributed by atoms with E-state index in [1.165, 1.54) is 37.1 Å². The molecule has 0 amide bonds. The molecular weight excluding hydrogens is 236 g/mol. The summed E-state index contributed by atoms with van der Waals surface area (Å²) in [6.07, 6.45) is 4.96. The van der Waals surface area contributed by atoms with Crippen LogP contribution in [-0.2, 0) is 0 Å². The minimum atomic E-state index is 0.607. The van der Waals surface area contributed by atoms with Crippen molar-refractivity contribution in [3.8, 4) is 0 Å². The monoisotopic (exact) mass is 262 g/mol. The summed E-state index contributed by atoms with van der Waals surface area (Å²) in [6.45, 7) is 9.04. The lowest BCUT2D eigenvalue weighted by Crippen LogP contribution is -2.30. The Morgan fingerprint density at radius 1 is 0.947 bits per heavy atom. The Hall–Kier alpha value is -0.870. The molecule has 4 nitrogen and oxygen atoms in total. The van der Waals surface area contributed by atoms with Gasteiger partial charge < -0.3 is 10.6 Å². The highest BCUT2D eigenvalue weighted by atomic mass is 15.3. The molecule has 0 radical (unpaired) electrons. The molecule has 1 aromatic heterocycles. The zero-order valence-corrected chi connectivity index (χ0v) is 12.2. The molecule has 106 valence electrons. The van der Waals surface area contributed by atoms with E-state index in [1.807, 2.05) is 0 Å². The Bertz CT molecular complexity index is 426. The van der Waals surface area contributed by atoms with Gasteiger partial charge in [-0.25, -0.2) is 0 Å². The smallest absolute Gasteiger partial charge is 0.0631 e. The molecular formula is C15H26N4. The van der Waals surface area contributed by atoms with Gasteiger partial charge in [-0.05, 0) is 77.2 Å². The first-order chi connectivity index (χ1) is 9.27. The minimum absolute atomic E-state index is 0.607. The van der Waals surface area contributed by atoms with E-state index in [-0.39, 0.29) is 0 Å². The van der Waals surface area contributed by atoms with Gasteiger partial charge in [0, 0.05) is 5.69 Å². The molecule has 0 aliphatic carbocycles. The molecule has 0 unspecified atom stereocenters. The van der Waals surface area contributed by atoms with Crippen LogP contribution in [0.1, 0.15) is 54.6 Å². The Labute approximate surface area is 116 Å². The van der Waals surface area contributed by atoms with Crippen LogP contribution in [0.25, 0.3) is 0 Å². The molecule has 3 heterocycles. The van der Waals surface area contributed by atoms with Crippen LogP contribution < -0.4 is 10.6 Å². The lowest BCUT2D eigenvalue weighted by molar-refractivity contribution is 0.336. The van der Waals surface area contributed by atoms with Gasteiger partial charge in [-0.2, -0.15) is 5.10 Å². The maximum atomic E-state index is 4.88. The largest absolute Gasteiger partial charge is 0.317 e. The lowest BCUT2D eigenvalue weighted by atomic mass is 9.89. The van der Waals surface area contributed by atoms with E-state index in [9.17, 15) is 0 Å². The normalized spacial score (nSPS) is 22.8. The summed E-state index contributed by atoms with van der Waals surface area (Å²) in [5, 5.41) is 11.8. The van der Waals surface area contributed by atoms with Crippen LogP contribution in [0.2, 0.25) is 0 Å². The average Bonchev–Trinajstić information content (AvgIpc) is 2.76. The summed E-state index contributed by atoms with van der Waals surface area (Å²) in [5.74, 6) is 0.719. The van der Waals surface area contributed by atoms with Crippen LogP contribution >= 0.6 is 0 Å². The number of hydrogen-bond donors (Lipinski definition) is 2. The third-order valence-corrected chi connectivity index (χ3v) is 4.78. The number of aryl methyl sites for hydroxylation is 1. The van der Waals surface area contributed by atoms with Crippen molar-refractivity contribution in [1.29, 1.82) is 0 Å². The van der Waals surface area contributed by atoms with Crippen LogP contribution in [0.4, 0.5) is 0 Å². The van der Waals surface area contributed by atoms with Crippen molar-refractivity contribution in [2.45, 2.75) is 51.5 Å². The average molecular weight is 262 g/mol. The number of rotatable bonds is 2. The van der Waals surface area contributed by atoms with Crippen molar-refractivity contribution >= 4 is 0 Å². The molecule has 2 saturated heterocycles.